The second kappa shape index (κ2) is 5.09. The maximum Gasteiger partial charge on any atom is 0.269 e. The van der Waals surface area contributed by atoms with Crippen LogP contribution in [0.2, 0.25) is 0 Å². The lowest BCUT2D eigenvalue weighted by atomic mass is 10.3. The average Bonchev–Trinajstić information content (AvgIpc) is 2.39. The Kier molecular flexibility index (Phi) is 3.33. The van der Waals surface area contributed by atoms with Crippen molar-refractivity contribution in [1.82, 2.24) is 9.97 Å². The van der Waals surface area contributed by atoms with E-state index >= 15 is 0 Å². The summed E-state index contributed by atoms with van der Waals surface area (Å²) in [5.74, 6) is 1.35. The quantitative estimate of drug-likeness (QED) is 0.657. The predicted octanol–water partition coefficient (Wildman–Crippen LogP) is 2.22. The number of nitrogens with one attached hydrogen (secondary N) is 1. The zero-order chi connectivity index (χ0) is 13.0. The number of nitrogens with zero attached hydrogens (tertiary/aromatic N) is 3. The highest BCUT2D eigenvalue weighted by Gasteiger charge is 2.06. The van der Waals surface area contributed by atoms with Crippen molar-refractivity contribution in [1.29, 1.82) is 0 Å². The van der Waals surface area contributed by atoms with Crippen LogP contribution >= 0.6 is 0 Å². The van der Waals surface area contributed by atoms with Crippen LogP contribution in [0.4, 0.5) is 11.5 Å². The van der Waals surface area contributed by atoms with Crippen LogP contribution < -0.4 is 10.1 Å². The maximum absolute atomic E-state index is 10.5. The molecular weight excluding hydrogens is 236 g/mol. The fourth-order valence-electron chi connectivity index (χ4n) is 1.27. The molecule has 0 radical (unpaired) electrons. The van der Waals surface area contributed by atoms with E-state index in [0.29, 0.717) is 17.4 Å². The number of hydrogen-bond donors (Lipinski definition) is 1. The third-order valence-corrected chi connectivity index (χ3v) is 2.14. The molecule has 2 aromatic rings. The van der Waals surface area contributed by atoms with Crippen molar-refractivity contribution in [2.75, 3.05) is 12.4 Å². The number of anilines is 1. The van der Waals surface area contributed by atoms with E-state index in [1.165, 1.54) is 30.5 Å². The van der Waals surface area contributed by atoms with Gasteiger partial charge in [-0.05, 0) is 12.1 Å². The summed E-state index contributed by atoms with van der Waals surface area (Å²) >= 11 is 0. The molecule has 0 aliphatic carbocycles. The highest BCUT2D eigenvalue weighted by molar-refractivity contribution is 5.38. The van der Waals surface area contributed by atoms with E-state index < -0.39 is 4.92 Å². The molecule has 0 aliphatic rings. The molecule has 92 valence electrons. The number of benzene rings is 1. The van der Waals surface area contributed by atoms with E-state index in [-0.39, 0.29) is 5.69 Å². The molecule has 0 atom stereocenters. The smallest absolute Gasteiger partial charge is 0.269 e. The van der Waals surface area contributed by atoms with Crippen molar-refractivity contribution in [3.05, 3.63) is 46.8 Å². The summed E-state index contributed by atoms with van der Waals surface area (Å²) in [4.78, 5) is 18.1. The van der Waals surface area contributed by atoms with Gasteiger partial charge < -0.3 is 10.1 Å². The minimum atomic E-state index is -0.467. The van der Waals surface area contributed by atoms with Gasteiger partial charge in [0.05, 0.1) is 17.3 Å². The van der Waals surface area contributed by atoms with Crippen molar-refractivity contribution >= 4 is 11.5 Å². The van der Waals surface area contributed by atoms with Gasteiger partial charge in [0, 0.05) is 19.2 Å². The number of nitro groups is 1. The number of rotatable bonds is 4. The number of non-ortho nitro benzene ring substituents is 1. The zero-order valence-corrected chi connectivity index (χ0v) is 9.53. The first kappa shape index (κ1) is 11.8. The van der Waals surface area contributed by atoms with Gasteiger partial charge in [-0.2, -0.15) is 4.98 Å². The Hall–Kier alpha value is -2.70. The van der Waals surface area contributed by atoms with Crippen molar-refractivity contribution in [3.63, 3.8) is 0 Å². The minimum absolute atomic E-state index is 0.0115. The van der Waals surface area contributed by atoms with Gasteiger partial charge >= 0.3 is 0 Å². The maximum atomic E-state index is 10.5. The largest absolute Gasteiger partial charge is 0.437 e. The Morgan fingerprint density at radius 3 is 2.61 bits per heavy atom. The molecule has 0 spiro atoms. The number of aromatic nitrogens is 2. The van der Waals surface area contributed by atoms with Crippen LogP contribution in [0.3, 0.4) is 0 Å². The molecular formula is C11H10N4O3. The van der Waals surface area contributed by atoms with E-state index in [0.717, 1.165) is 0 Å². The Morgan fingerprint density at radius 2 is 2.00 bits per heavy atom. The molecule has 1 N–H and O–H groups in total. The minimum Gasteiger partial charge on any atom is -0.437 e. The molecule has 0 fully saturated rings. The molecule has 1 aromatic carbocycles. The van der Waals surface area contributed by atoms with E-state index in [1.54, 1.807) is 13.2 Å². The van der Waals surface area contributed by atoms with Gasteiger partial charge in [0.1, 0.15) is 11.6 Å². The van der Waals surface area contributed by atoms with Crippen LogP contribution in [0.1, 0.15) is 0 Å². The number of hydrogen-bond acceptors (Lipinski definition) is 6. The second-order valence-corrected chi connectivity index (χ2v) is 3.35. The van der Waals surface area contributed by atoms with Gasteiger partial charge in [-0.3, -0.25) is 15.1 Å². The van der Waals surface area contributed by atoms with Gasteiger partial charge in [-0.25, -0.2) is 0 Å². The Bertz CT molecular complexity index is 556. The van der Waals surface area contributed by atoms with Crippen LogP contribution in [-0.2, 0) is 0 Å². The summed E-state index contributed by atoms with van der Waals surface area (Å²) in [6, 6.07) is 5.74. The summed E-state index contributed by atoms with van der Waals surface area (Å²) in [7, 11) is 1.72. The van der Waals surface area contributed by atoms with Gasteiger partial charge in [0.25, 0.3) is 5.69 Å². The van der Waals surface area contributed by atoms with Crippen LogP contribution in [0.5, 0.6) is 11.6 Å². The molecule has 1 heterocycles. The lowest BCUT2D eigenvalue weighted by Crippen LogP contribution is -1.96. The Balaban J connectivity index is 2.15. The molecule has 0 amide bonds. The summed E-state index contributed by atoms with van der Waals surface area (Å²) in [5, 5.41) is 13.3. The fraction of sp³-hybridized carbons (Fsp3) is 0.0909. The second-order valence-electron chi connectivity index (χ2n) is 3.35. The normalized spacial score (nSPS) is 9.83. The van der Waals surface area contributed by atoms with Crippen molar-refractivity contribution in [2.45, 2.75) is 0 Å². The predicted molar refractivity (Wildman–Crippen MR) is 64.7 cm³/mol. The van der Waals surface area contributed by atoms with E-state index in [2.05, 4.69) is 15.3 Å². The molecule has 2 rings (SSSR count). The third-order valence-electron chi connectivity index (χ3n) is 2.14. The van der Waals surface area contributed by atoms with Gasteiger partial charge in [-0.15, -0.1) is 0 Å². The van der Waals surface area contributed by atoms with E-state index in [4.69, 9.17) is 4.74 Å². The summed E-state index contributed by atoms with van der Waals surface area (Å²) < 4.78 is 5.42. The molecule has 0 unspecified atom stereocenters. The molecule has 0 saturated carbocycles. The zero-order valence-electron chi connectivity index (χ0n) is 9.53. The standard InChI is InChI=1S/C11H10N4O3/c1-12-10-6-13-7-11(14-10)18-9-4-2-8(3-5-9)15(16)17/h2-7H,1H3,(H,12,14). The van der Waals surface area contributed by atoms with Crippen molar-refractivity contribution < 1.29 is 9.66 Å². The first-order valence-corrected chi connectivity index (χ1v) is 5.11. The lowest BCUT2D eigenvalue weighted by molar-refractivity contribution is -0.384. The van der Waals surface area contributed by atoms with Crippen LogP contribution in [0.15, 0.2) is 36.7 Å². The van der Waals surface area contributed by atoms with Crippen LogP contribution in [-0.4, -0.2) is 21.9 Å². The highest BCUT2D eigenvalue weighted by Crippen LogP contribution is 2.22. The van der Waals surface area contributed by atoms with E-state index in [9.17, 15) is 10.1 Å². The van der Waals surface area contributed by atoms with E-state index in [1.807, 2.05) is 0 Å². The molecule has 1 aromatic heterocycles. The molecule has 7 heteroatoms. The fourth-order valence-corrected chi connectivity index (χ4v) is 1.27. The third kappa shape index (κ3) is 2.70. The van der Waals surface area contributed by atoms with Crippen molar-refractivity contribution in [2.24, 2.45) is 0 Å². The molecule has 7 nitrogen and oxygen atoms in total. The van der Waals surface area contributed by atoms with Crippen LogP contribution in [0.25, 0.3) is 0 Å². The number of nitro benzene ring substituents is 1. The Labute approximate surface area is 103 Å². The SMILES string of the molecule is CNc1cncc(Oc2ccc([N+](=O)[O-])cc2)n1. The first-order chi connectivity index (χ1) is 8.69. The molecule has 0 saturated heterocycles. The molecule has 0 bridgehead atoms. The molecule has 18 heavy (non-hydrogen) atoms. The summed E-state index contributed by atoms with van der Waals surface area (Å²) in [6.07, 6.45) is 3.02. The summed E-state index contributed by atoms with van der Waals surface area (Å²) in [6.45, 7) is 0. The van der Waals surface area contributed by atoms with Crippen LogP contribution in [0, 0.1) is 10.1 Å². The first-order valence-electron chi connectivity index (χ1n) is 5.11. The summed E-state index contributed by atoms with van der Waals surface area (Å²) in [5.41, 5.74) is 0.0115. The number of ether oxygens (including phenoxy) is 1. The average molecular weight is 246 g/mol. The van der Waals surface area contributed by atoms with Gasteiger partial charge in [0.2, 0.25) is 5.88 Å². The monoisotopic (exact) mass is 246 g/mol. The molecule has 0 aliphatic heterocycles. The van der Waals surface area contributed by atoms with Gasteiger partial charge in [0.15, 0.2) is 0 Å². The lowest BCUT2D eigenvalue weighted by Gasteiger charge is -2.05. The topological polar surface area (TPSA) is 90.2 Å². The van der Waals surface area contributed by atoms with Gasteiger partial charge in [-0.1, -0.05) is 0 Å². The Morgan fingerprint density at radius 1 is 1.28 bits per heavy atom. The highest BCUT2D eigenvalue weighted by atomic mass is 16.6. The van der Waals surface area contributed by atoms with Crippen molar-refractivity contribution in [3.8, 4) is 11.6 Å².